The van der Waals surface area contributed by atoms with Gasteiger partial charge in [0.05, 0.1) is 0 Å². The molecule has 2 aromatic heterocycles. The molecule has 2 rings (SSSR count). The summed E-state index contributed by atoms with van der Waals surface area (Å²) in [6.45, 7) is 1.93. The summed E-state index contributed by atoms with van der Waals surface area (Å²) in [5, 5.41) is 7.13. The molecule has 0 aliphatic carbocycles. The van der Waals surface area contributed by atoms with Crippen molar-refractivity contribution in [3.05, 3.63) is 40.4 Å². The van der Waals surface area contributed by atoms with Gasteiger partial charge in [0, 0.05) is 32.1 Å². The summed E-state index contributed by atoms with van der Waals surface area (Å²) >= 11 is 0. The molecular weight excluding hydrogens is 204 g/mol. The Morgan fingerprint density at radius 2 is 2.19 bits per heavy atom. The number of anilines is 1. The third-order valence-corrected chi connectivity index (χ3v) is 2.43. The molecule has 0 radical (unpaired) electrons. The number of nitrogens with one attached hydrogen (secondary N) is 1. The molecule has 0 bridgehead atoms. The van der Waals surface area contributed by atoms with Crippen molar-refractivity contribution < 1.29 is 0 Å². The maximum atomic E-state index is 12.0. The van der Waals surface area contributed by atoms with Gasteiger partial charge in [-0.05, 0) is 19.1 Å². The first-order valence-corrected chi connectivity index (χ1v) is 5.03. The molecule has 0 spiro atoms. The highest BCUT2D eigenvalue weighted by Crippen LogP contribution is 2.09. The van der Waals surface area contributed by atoms with Gasteiger partial charge in [-0.3, -0.25) is 14.0 Å². The third-order valence-electron chi connectivity index (χ3n) is 2.43. The summed E-state index contributed by atoms with van der Waals surface area (Å²) in [6.07, 6.45) is 3.60. The van der Waals surface area contributed by atoms with E-state index in [-0.39, 0.29) is 5.56 Å². The predicted molar refractivity (Wildman–Crippen MR) is 63.1 cm³/mol. The first-order valence-electron chi connectivity index (χ1n) is 5.03. The number of pyridine rings is 1. The van der Waals surface area contributed by atoms with Gasteiger partial charge in [0.25, 0.3) is 5.56 Å². The monoisotopic (exact) mass is 218 g/mol. The lowest BCUT2D eigenvalue weighted by molar-refractivity contribution is 0.746. The Morgan fingerprint density at radius 1 is 1.44 bits per heavy atom. The molecule has 2 heterocycles. The van der Waals surface area contributed by atoms with Crippen molar-refractivity contribution in [2.75, 3.05) is 12.4 Å². The molecule has 0 amide bonds. The van der Waals surface area contributed by atoms with Crippen LogP contribution in [0.1, 0.15) is 5.56 Å². The Labute approximate surface area is 93.3 Å². The minimum absolute atomic E-state index is 0.0909. The van der Waals surface area contributed by atoms with Crippen molar-refractivity contribution in [3.8, 4) is 5.82 Å². The third kappa shape index (κ3) is 1.60. The van der Waals surface area contributed by atoms with Crippen LogP contribution in [0.5, 0.6) is 0 Å². The average Bonchev–Trinajstić information content (AvgIpc) is 2.58. The maximum absolute atomic E-state index is 12.0. The van der Waals surface area contributed by atoms with Gasteiger partial charge in [0.1, 0.15) is 5.69 Å². The fraction of sp³-hybridized carbons (Fsp3) is 0.273. The summed E-state index contributed by atoms with van der Waals surface area (Å²) in [5.41, 5.74) is 1.44. The summed E-state index contributed by atoms with van der Waals surface area (Å²) in [6, 6.07) is 3.57. The molecule has 16 heavy (non-hydrogen) atoms. The lowest BCUT2D eigenvalue weighted by Crippen LogP contribution is -2.21. The van der Waals surface area contributed by atoms with Gasteiger partial charge in [-0.25, -0.2) is 0 Å². The van der Waals surface area contributed by atoms with E-state index in [0.29, 0.717) is 11.5 Å². The van der Waals surface area contributed by atoms with E-state index in [9.17, 15) is 4.79 Å². The van der Waals surface area contributed by atoms with E-state index in [1.54, 1.807) is 28.6 Å². The normalized spacial score (nSPS) is 10.4. The number of aryl methyl sites for hydroxylation is 2. The second kappa shape index (κ2) is 3.84. The van der Waals surface area contributed by atoms with Crippen LogP contribution in [0.25, 0.3) is 5.82 Å². The largest absolute Gasteiger partial charge is 0.384 e. The molecule has 0 aliphatic rings. The summed E-state index contributed by atoms with van der Waals surface area (Å²) < 4.78 is 3.24. The Balaban J connectivity index is 2.65. The predicted octanol–water partition coefficient (Wildman–Crippen LogP) is 0.921. The van der Waals surface area contributed by atoms with E-state index < -0.39 is 0 Å². The van der Waals surface area contributed by atoms with Gasteiger partial charge in [-0.2, -0.15) is 5.10 Å². The minimum Gasteiger partial charge on any atom is -0.384 e. The van der Waals surface area contributed by atoms with Crippen LogP contribution in [0.2, 0.25) is 0 Å². The molecule has 0 saturated heterocycles. The summed E-state index contributed by atoms with van der Waals surface area (Å²) in [4.78, 5) is 12.0. The van der Waals surface area contributed by atoms with Gasteiger partial charge in [-0.1, -0.05) is 0 Å². The zero-order valence-corrected chi connectivity index (χ0v) is 9.56. The molecule has 84 valence electrons. The topological polar surface area (TPSA) is 51.9 Å². The molecule has 0 atom stereocenters. The van der Waals surface area contributed by atoms with Gasteiger partial charge in [0.2, 0.25) is 0 Å². The molecule has 2 aromatic rings. The van der Waals surface area contributed by atoms with Crippen LogP contribution < -0.4 is 10.9 Å². The van der Waals surface area contributed by atoms with Gasteiger partial charge < -0.3 is 5.32 Å². The minimum atomic E-state index is -0.0909. The first kappa shape index (κ1) is 10.5. The second-order valence-electron chi connectivity index (χ2n) is 3.66. The van der Waals surface area contributed by atoms with Crippen molar-refractivity contribution in [1.29, 1.82) is 0 Å². The Hall–Kier alpha value is -2.04. The van der Waals surface area contributed by atoms with Gasteiger partial charge in [0.15, 0.2) is 5.82 Å². The molecular formula is C11H14N4O. The molecule has 1 N–H and O–H groups in total. The molecule has 0 unspecified atom stereocenters. The van der Waals surface area contributed by atoms with Crippen LogP contribution >= 0.6 is 0 Å². The van der Waals surface area contributed by atoms with E-state index in [4.69, 9.17) is 0 Å². The molecule has 5 nitrogen and oxygen atoms in total. The van der Waals surface area contributed by atoms with Crippen LogP contribution in [0.4, 0.5) is 5.69 Å². The highest BCUT2D eigenvalue weighted by molar-refractivity contribution is 5.43. The molecule has 0 aliphatic heterocycles. The number of hydrogen-bond acceptors (Lipinski definition) is 3. The van der Waals surface area contributed by atoms with Crippen molar-refractivity contribution in [1.82, 2.24) is 14.3 Å². The number of nitrogens with zero attached hydrogens (tertiary/aromatic N) is 3. The van der Waals surface area contributed by atoms with Gasteiger partial charge in [-0.15, -0.1) is 0 Å². The molecule has 0 aromatic carbocycles. The quantitative estimate of drug-likeness (QED) is 0.815. The average molecular weight is 218 g/mol. The highest BCUT2D eigenvalue weighted by Gasteiger charge is 2.09. The fourth-order valence-electron chi connectivity index (χ4n) is 1.68. The van der Waals surface area contributed by atoms with E-state index in [1.807, 2.05) is 26.2 Å². The standard InChI is InChI=1S/C11H14N4O/c1-8-7-14(3)13-10(8)15-6-4-5-9(12-2)11(15)16/h4-7,12H,1-3H3. The molecule has 0 saturated carbocycles. The number of hydrogen-bond donors (Lipinski definition) is 1. The zero-order chi connectivity index (χ0) is 11.7. The highest BCUT2D eigenvalue weighted by atomic mass is 16.1. The lowest BCUT2D eigenvalue weighted by Gasteiger charge is -2.05. The van der Waals surface area contributed by atoms with Crippen LogP contribution in [-0.4, -0.2) is 21.4 Å². The Kier molecular flexibility index (Phi) is 2.52. The Morgan fingerprint density at radius 3 is 2.75 bits per heavy atom. The van der Waals surface area contributed by atoms with Crippen LogP contribution in [0.3, 0.4) is 0 Å². The van der Waals surface area contributed by atoms with Crippen molar-refractivity contribution in [2.45, 2.75) is 6.92 Å². The Bertz CT molecular complexity index is 568. The van der Waals surface area contributed by atoms with Crippen molar-refractivity contribution >= 4 is 5.69 Å². The fourth-order valence-corrected chi connectivity index (χ4v) is 1.68. The van der Waals surface area contributed by atoms with Crippen LogP contribution in [-0.2, 0) is 7.05 Å². The smallest absolute Gasteiger partial charge is 0.279 e. The van der Waals surface area contributed by atoms with Crippen molar-refractivity contribution in [2.24, 2.45) is 7.05 Å². The summed E-state index contributed by atoms with van der Waals surface area (Å²) in [7, 11) is 3.57. The lowest BCUT2D eigenvalue weighted by atomic mass is 10.3. The zero-order valence-electron chi connectivity index (χ0n) is 9.56. The summed E-state index contributed by atoms with van der Waals surface area (Å²) in [5.74, 6) is 0.671. The number of rotatable bonds is 2. The van der Waals surface area contributed by atoms with Crippen LogP contribution in [0, 0.1) is 6.92 Å². The number of aromatic nitrogens is 3. The van der Waals surface area contributed by atoms with Gasteiger partial charge >= 0.3 is 0 Å². The van der Waals surface area contributed by atoms with E-state index in [1.165, 1.54) is 0 Å². The van der Waals surface area contributed by atoms with E-state index in [2.05, 4.69) is 10.4 Å². The SMILES string of the molecule is CNc1cccn(-c2nn(C)cc2C)c1=O. The van der Waals surface area contributed by atoms with Crippen LogP contribution in [0.15, 0.2) is 29.3 Å². The first-order chi connectivity index (χ1) is 7.63. The second-order valence-corrected chi connectivity index (χ2v) is 3.66. The van der Waals surface area contributed by atoms with E-state index in [0.717, 1.165) is 5.56 Å². The molecule has 5 heteroatoms. The maximum Gasteiger partial charge on any atom is 0.279 e. The van der Waals surface area contributed by atoms with Crippen molar-refractivity contribution in [3.63, 3.8) is 0 Å². The van der Waals surface area contributed by atoms with E-state index >= 15 is 0 Å². The molecule has 0 fully saturated rings.